The van der Waals surface area contributed by atoms with Gasteiger partial charge in [-0.25, -0.2) is 4.79 Å². The predicted molar refractivity (Wildman–Crippen MR) is 86.8 cm³/mol. The molecular weight excluding hydrogens is 264 g/mol. The summed E-state index contributed by atoms with van der Waals surface area (Å²) in [6, 6.07) is 6.05. The average molecular weight is 292 g/mol. The lowest BCUT2D eigenvalue weighted by Gasteiger charge is -2.21. The lowest BCUT2D eigenvalue weighted by atomic mass is 10.0. The second-order valence-corrected chi connectivity index (χ2v) is 5.33. The molecule has 1 atom stereocenters. The van der Waals surface area contributed by atoms with Crippen molar-refractivity contribution in [3.8, 4) is 5.75 Å². The molecule has 0 saturated carbocycles. The highest BCUT2D eigenvalue weighted by molar-refractivity contribution is 5.74. The summed E-state index contributed by atoms with van der Waals surface area (Å²) in [6.45, 7) is 10.7. The molecular formula is C17H28N2O2. The maximum absolute atomic E-state index is 12.0. The van der Waals surface area contributed by atoms with Gasteiger partial charge in [0.25, 0.3) is 0 Å². The van der Waals surface area contributed by atoms with Gasteiger partial charge < -0.3 is 15.4 Å². The zero-order valence-corrected chi connectivity index (χ0v) is 13.8. The smallest absolute Gasteiger partial charge is 0.315 e. The van der Waals surface area contributed by atoms with Crippen molar-refractivity contribution in [1.29, 1.82) is 0 Å². The number of aryl methyl sites for hydroxylation is 1. The highest BCUT2D eigenvalue weighted by Crippen LogP contribution is 2.26. The third kappa shape index (κ3) is 5.29. The molecule has 0 heterocycles. The number of amides is 2. The number of hydrogen-bond donors (Lipinski definition) is 2. The number of carbonyl (C=O) groups excluding carboxylic acids is 1. The van der Waals surface area contributed by atoms with Gasteiger partial charge in [0.1, 0.15) is 5.75 Å². The zero-order chi connectivity index (χ0) is 15.8. The fraction of sp³-hybridized carbons (Fsp3) is 0.588. The fourth-order valence-electron chi connectivity index (χ4n) is 2.29. The maximum Gasteiger partial charge on any atom is 0.315 e. The molecule has 1 aromatic rings. The first-order valence-electron chi connectivity index (χ1n) is 7.82. The molecule has 0 spiro atoms. The molecule has 0 bridgehead atoms. The SMILES string of the molecule is CCOc1ccc(C)cc1C(C)NC(=O)NC(CC)CC. The van der Waals surface area contributed by atoms with Crippen LogP contribution in [0.4, 0.5) is 4.79 Å². The Bertz CT molecular complexity index is 456. The van der Waals surface area contributed by atoms with Crippen molar-refractivity contribution in [1.82, 2.24) is 10.6 Å². The van der Waals surface area contributed by atoms with Crippen LogP contribution >= 0.6 is 0 Å². The lowest BCUT2D eigenvalue weighted by molar-refractivity contribution is 0.232. The Morgan fingerprint density at radius 3 is 2.43 bits per heavy atom. The first kappa shape index (κ1) is 17.3. The highest BCUT2D eigenvalue weighted by atomic mass is 16.5. The van der Waals surface area contributed by atoms with E-state index in [1.165, 1.54) is 0 Å². The van der Waals surface area contributed by atoms with E-state index in [9.17, 15) is 4.79 Å². The van der Waals surface area contributed by atoms with E-state index in [1.807, 2.05) is 32.9 Å². The molecule has 0 fully saturated rings. The zero-order valence-electron chi connectivity index (χ0n) is 13.8. The summed E-state index contributed by atoms with van der Waals surface area (Å²) in [4.78, 5) is 12.0. The molecule has 0 radical (unpaired) electrons. The summed E-state index contributed by atoms with van der Waals surface area (Å²) in [5.41, 5.74) is 2.17. The van der Waals surface area contributed by atoms with Crippen LogP contribution in [0.25, 0.3) is 0 Å². The number of rotatable bonds is 7. The molecule has 0 saturated heterocycles. The van der Waals surface area contributed by atoms with Gasteiger partial charge in [0.05, 0.1) is 12.6 Å². The Labute approximate surface area is 128 Å². The van der Waals surface area contributed by atoms with Gasteiger partial charge in [0.15, 0.2) is 0 Å². The quantitative estimate of drug-likeness (QED) is 0.799. The van der Waals surface area contributed by atoms with Crippen molar-refractivity contribution in [2.24, 2.45) is 0 Å². The minimum atomic E-state index is -0.125. The van der Waals surface area contributed by atoms with Crippen LogP contribution in [0.3, 0.4) is 0 Å². The molecule has 4 heteroatoms. The first-order valence-corrected chi connectivity index (χ1v) is 7.82. The molecule has 0 aliphatic carbocycles. The average Bonchev–Trinajstić information content (AvgIpc) is 2.46. The van der Waals surface area contributed by atoms with Gasteiger partial charge >= 0.3 is 6.03 Å². The number of benzene rings is 1. The van der Waals surface area contributed by atoms with Crippen LogP contribution in [-0.2, 0) is 0 Å². The minimum absolute atomic E-state index is 0.0965. The van der Waals surface area contributed by atoms with Crippen LogP contribution in [0.15, 0.2) is 18.2 Å². The van der Waals surface area contributed by atoms with Gasteiger partial charge in [-0.15, -0.1) is 0 Å². The molecule has 1 rings (SSSR count). The van der Waals surface area contributed by atoms with Gasteiger partial charge in [0, 0.05) is 11.6 Å². The van der Waals surface area contributed by atoms with E-state index in [2.05, 4.69) is 30.5 Å². The largest absolute Gasteiger partial charge is 0.494 e. The Kier molecular flexibility index (Phi) is 7.06. The van der Waals surface area contributed by atoms with Gasteiger partial charge in [-0.1, -0.05) is 31.5 Å². The summed E-state index contributed by atoms with van der Waals surface area (Å²) >= 11 is 0. The van der Waals surface area contributed by atoms with Crippen LogP contribution in [0.2, 0.25) is 0 Å². The van der Waals surface area contributed by atoms with E-state index in [0.717, 1.165) is 29.7 Å². The van der Waals surface area contributed by atoms with E-state index >= 15 is 0 Å². The Morgan fingerprint density at radius 2 is 1.86 bits per heavy atom. The van der Waals surface area contributed by atoms with Gasteiger partial charge in [-0.05, 0) is 39.7 Å². The molecule has 2 amide bonds. The van der Waals surface area contributed by atoms with Crippen molar-refractivity contribution >= 4 is 6.03 Å². The topological polar surface area (TPSA) is 50.4 Å². The Hall–Kier alpha value is -1.71. The first-order chi connectivity index (χ1) is 10.0. The molecule has 4 nitrogen and oxygen atoms in total. The third-order valence-corrected chi connectivity index (χ3v) is 3.60. The number of ether oxygens (including phenoxy) is 1. The number of urea groups is 1. The summed E-state index contributed by atoms with van der Waals surface area (Å²) in [5, 5.41) is 5.98. The van der Waals surface area contributed by atoms with E-state index in [-0.39, 0.29) is 18.1 Å². The van der Waals surface area contributed by atoms with Crippen LogP contribution < -0.4 is 15.4 Å². The van der Waals surface area contributed by atoms with Crippen molar-refractivity contribution < 1.29 is 9.53 Å². The van der Waals surface area contributed by atoms with E-state index < -0.39 is 0 Å². The van der Waals surface area contributed by atoms with Crippen LogP contribution in [0.1, 0.15) is 57.7 Å². The van der Waals surface area contributed by atoms with Crippen LogP contribution in [0, 0.1) is 6.92 Å². The van der Waals surface area contributed by atoms with Crippen molar-refractivity contribution in [3.63, 3.8) is 0 Å². The molecule has 0 aromatic heterocycles. The number of hydrogen-bond acceptors (Lipinski definition) is 2. The summed E-state index contributed by atoms with van der Waals surface area (Å²) in [5.74, 6) is 0.832. The predicted octanol–water partition coefficient (Wildman–Crippen LogP) is 3.94. The normalized spacial score (nSPS) is 12.1. The summed E-state index contributed by atoms with van der Waals surface area (Å²) in [7, 11) is 0. The second kappa shape index (κ2) is 8.55. The molecule has 118 valence electrons. The highest BCUT2D eigenvalue weighted by Gasteiger charge is 2.16. The van der Waals surface area contributed by atoms with Crippen LogP contribution in [-0.4, -0.2) is 18.7 Å². The Morgan fingerprint density at radius 1 is 1.19 bits per heavy atom. The van der Waals surface area contributed by atoms with E-state index in [1.54, 1.807) is 0 Å². The van der Waals surface area contributed by atoms with Crippen molar-refractivity contribution in [2.75, 3.05) is 6.61 Å². The fourth-order valence-corrected chi connectivity index (χ4v) is 2.29. The molecule has 0 aliphatic heterocycles. The Balaban J connectivity index is 2.76. The molecule has 1 aromatic carbocycles. The minimum Gasteiger partial charge on any atom is -0.494 e. The second-order valence-electron chi connectivity index (χ2n) is 5.33. The standard InChI is InChI=1S/C17H28N2O2/c1-6-14(7-2)19-17(20)18-13(5)15-11-12(4)9-10-16(15)21-8-3/h9-11,13-14H,6-8H2,1-5H3,(H2,18,19,20). The van der Waals surface area contributed by atoms with E-state index in [4.69, 9.17) is 4.74 Å². The molecule has 2 N–H and O–H groups in total. The van der Waals surface area contributed by atoms with Gasteiger partial charge in [0.2, 0.25) is 0 Å². The van der Waals surface area contributed by atoms with Gasteiger partial charge in [-0.2, -0.15) is 0 Å². The lowest BCUT2D eigenvalue weighted by Crippen LogP contribution is -2.42. The van der Waals surface area contributed by atoms with Crippen molar-refractivity contribution in [2.45, 2.75) is 59.5 Å². The molecule has 1 unspecified atom stereocenters. The maximum atomic E-state index is 12.0. The molecule has 21 heavy (non-hydrogen) atoms. The molecule has 0 aliphatic rings. The van der Waals surface area contributed by atoms with Crippen molar-refractivity contribution in [3.05, 3.63) is 29.3 Å². The summed E-state index contributed by atoms with van der Waals surface area (Å²) in [6.07, 6.45) is 1.87. The number of nitrogens with one attached hydrogen (secondary N) is 2. The van der Waals surface area contributed by atoms with Crippen LogP contribution in [0.5, 0.6) is 5.75 Å². The van der Waals surface area contributed by atoms with E-state index in [0.29, 0.717) is 6.61 Å². The number of carbonyl (C=O) groups is 1. The third-order valence-electron chi connectivity index (χ3n) is 3.60. The monoisotopic (exact) mass is 292 g/mol. The van der Waals surface area contributed by atoms with Gasteiger partial charge in [-0.3, -0.25) is 0 Å². The summed E-state index contributed by atoms with van der Waals surface area (Å²) < 4.78 is 5.65.